The second-order valence-corrected chi connectivity index (χ2v) is 7.46. The highest BCUT2D eigenvalue weighted by Crippen LogP contribution is 2.22. The number of carbonyl (C=O) groups excluding carboxylic acids is 2. The molecule has 3 rings (SSSR count). The molecule has 0 heterocycles. The van der Waals surface area contributed by atoms with Crippen molar-refractivity contribution in [2.45, 2.75) is 20.8 Å². The third-order valence-corrected chi connectivity index (χ3v) is 4.95. The molecule has 2 amide bonds. The highest BCUT2D eigenvalue weighted by Gasteiger charge is 2.14. The molecule has 154 valence electrons. The normalized spacial score (nSPS) is 10.4. The molecule has 0 aliphatic rings. The fraction of sp³-hybridized carbons (Fsp3) is 0.200. The molecule has 0 unspecified atom stereocenters. The molecule has 2 N–H and O–H groups in total. The Balaban J connectivity index is 1.64. The van der Waals surface area contributed by atoms with Gasteiger partial charge in [-0.1, -0.05) is 42.0 Å². The molecule has 5 nitrogen and oxygen atoms in total. The summed E-state index contributed by atoms with van der Waals surface area (Å²) in [6.07, 6.45) is 0. The van der Waals surface area contributed by atoms with Crippen molar-refractivity contribution >= 4 is 28.9 Å². The summed E-state index contributed by atoms with van der Waals surface area (Å²) in [5.74, 6) is -0.247. The van der Waals surface area contributed by atoms with Crippen molar-refractivity contribution in [2.75, 3.05) is 29.1 Å². The fourth-order valence-electron chi connectivity index (χ4n) is 3.47. The Kier molecular flexibility index (Phi) is 6.52. The van der Waals surface area contributed by atoms with E-state index in [-0.39, 0.29) is 18.4 Å². The van der Waals surface area contributed by atoms with Crippen molar-refractivity contribution in [3.63, 3.8) is 0 Å². The van der Waals surface area contributed by atoms with Crippen LogP contribution in [-0.4, -0.2) is 25.4 Å². The molecule has 0 saturated carbocycles. The number of aryl methyl sites for hydroxylation is 3. The van der Waals surface area contributed by atoms with Gasteiger partial charge in [-0.3, -0.25) is 9.59 Å². The maximum atomic E-state index is 12.8. The van der Waals surface area contributed by atoms with E-state index < -0.39 is 0 Å². The summed E-state index contributed by atoms with van der Waals surface area (Å²) in [5.41, 5.74) is 6.19. The summed E-state index contributed by atoms with van der Waals surface area (Å²) in [6.45, 7) is 6.12. The van der Waals surface area contributed by atoms with Gasteiger partial charge in [0, 0.05) is 29.7 Å². The van der Waals surface area contributed by atoms with E-state index in [1.165, 1.54) is 5.56 Å². The molecule has 0 bridgehead atoms. The SMILES string of the molecule is Cc1cc(C)c(NC(=O)CNc2cccc(C(=O)N(C)c3ccccc3)c2)c(C)c1. The van der Waals surface area contributed by atoms with Gasteiger partial charge < -0.3 is 15.5 Å². The molecule has 0 aliphatic heterocycles. The molecule has 0 atom stereocenters. The largest absolute Gasteiger partial charge is 0.376 e. The third-order valence-electron chi connectivity index (χ3n) is 4.95. The van der Waals surface area contributed by atoms with Crippen LogP contribution in [0, 0.1) is 20.8 Å². The van der Waals surface area contributed by atoms with Gasteiger partial charge in [-0.15, -0.1) is 0 Å². The van der Waals surface area contributed by atoms with Crippen molar-refractivity contribution in [1.82, 2.24) is 0 Å². The summed E-state index contributed by atoms with van der Waals surface area (Å²) in [5, 5.41) is 6.08. The first kappa shape index (κ1) is 21.1. The van der Waals surface area contributed by atoms with Crippen molar-refractivity contribution in [1.29, 1.82) is 0 Å². The summed E-state index contributed by atoms with van der Waals surface area (Å²) in [4.78, 5) is 26.8. The van der Waals surface area contributed by atoms with Gasteiger partial charge in [0.1, 0.15) is 0 Å². The molecule has 0 radical (unpaired) electrons. The number of carbonyl (C=O) groups is 2. The van der Waals surface area contributed by atoms with Gasteiger partial charge in [0.2, 0.25) is 5.91 Å². The lowest BCUT2D eigenvalue weighted by molar-refractivity contribution is -0.114. The summed E-state index contributed by atoms with van der Waals surface area (Å²) in [7, 11) is 1.75. The molecular weight excluding hydrogens is 374 g/mol. The molecule has 0 spiro atoms. The summed E-state index contributed by atoms with van der Waals surface area (Å²) < 4.78 is 0. The van der Waals surface area contributed by atoms with E-state index in [1.807, 2.05) is 69.3 Å². The summed E-state index contributed by atoms with van der Waals surface area (Å²) >= 11 is 0. The number of para-hydroxylation sites is 1. The Morgan fingerprint density at radius 3 is 2.20 bits per heavy atom. The molecule has 0 aliphatic carbocycles. The molecule has 0 aromatic heterocycles. The second kappa shape index (κ2) is 9.27. The average Bonchev–Trinajstić information content (AvgIpc) is 2.74. The van der Waals surface area contributed by atoms with Crippen LogP contribution in [0.1, 0.15) is 27.0 Å². The number of amides is 2. The zero-order chi connectivity index (χ0) is 21.7. The van der Waals surface area contributed by atoms with Gasteiger partial charge in [-0.2, -0.15) is 0 Å². The number of rotatable bonds is 6. The van der Waals surface area contributed by atoms with Crippen molar-refractivity contribution in [3.8, 4) is 0 Å². The number of hydrogen-bond donors (Lipinski definition) is 2. The van der Waals surface area contributed by atoms with Crippen LogP contribution in [0.5, 0.6) is 0 Å². The average molecular weight is 402 g/mol. The lowest BCUT2D eigenvalue weighted by Gasteiger charge is -2.18. The topological polar surface area (TPSA) is 61.4 Å². The first-order chi connectivity index (χ1) is 14.3. The van der Waals surface area contributed by atoms with E-state index in [0.717, 1.165) is 28.2 Å². The van der Waals surface area contributed by atoms with Crippen LogP contribution in [0.3, 0.4) is 0 Å². The van der Waals surface area contributed by atoms with Crippen molar-refractivity contribution in [3.05, 3.63) is 89.0 Å². The smallest absolute Gasteiger partial charge is 0.258 e. The quantitative estimate of drug-likeness (QED) is 0.615. The maximum absolute atomic E-state index is 12.8. The minimum atomic E-state index is -0.136. The first-order valence-electron chi connectivity index (χ1n) is 9.90. The van der Waals surface area contributed by atoms with Gasteiger partial charge in [-0.25, -0.2) is 0 Å². The predicted molar refractivity (Wildman–Crippen MR) is 123 cm³/mol. The second-order valence-electron chi connectivity index (χ2n) is 7.46. The van der Waals surface area contributed by atoms with E-state index in [2.05, 4.69) is 10.6 Å². The maximum Gasteiger partial charge on any atom is 0.258 e. The monoisotopic (exact) mass is 401 g/mol. The molecule has 3 aromatic carbocycles. The minimum absolute atomic E-state index is 0.110. The van der Waals surface area contributed by atoms with Crippen LogP contribution in [0.15, 0.2) is 66.7 Å². The Bertz CT molecular complexity index is 1040. The molecule has 5 heteroatoms. The Labute approximate surface area is 177 Å². The standard InChI is InChI=1S/C25H27N3O2/c1-17-13-18(2)24(19(3)14-17)27-23(29)16-26-21-10-8-9-20(15-21)25(30)28(4)22-11-6-5-7-12-22/h5-15,26H,16H2,1-4H3,(H,27,29). The van der Waals surface area contributed by atoms with Crippen molar-refractivity contribution < 1.29 is 9.59 Å². The zero-order valence-electron chi connectivity index (χ0n) is 17.8. The van der Waals surface area contributed by atoms with E-state index in [1.54, 1.807) is 30.1 Å². The minimum Gasteiger partial charge on any atom is -0.376 e. The molecule has 0 fully saturated rings. The number of nitrogens with zero attached hydrogens (tertiary/aromatic N) is 1. The lowest BCUT2D eigenvalue weighted by Crippen LogP contribution is -2.26. The highest BCUT2D eigenvalue weighted by atomic mass is 16.2. The molecule has 3 aromatic rings. The van der Waals surface area contributed by atoms with Crippen LogP contribution in [0.4, 0.5) is 17.1 Å². The lowest BCUT2D eigenvalue weighted by atomic mass is 10.1. The van der Waals surface area contributed by atoms with Gasteiger partial charge in [0.25, 0.3) is 5.91 Å². The van der Waals surface area contributed by atoms with Gasteiger partial charge in [0.15, 0.2) is 0 Å². The highest BCUT2D eigenvalue weighted by molar-refractivity contribution is 6.06. The van der Waals surface area contributed by atoms with Gasteiger partial charge in [-0.05, 0) is 62.2 Å². The third kappa shape index (κ3) is 5.06. The van der Waals surface area contributed by atoms with E-state index in [4.69, 9.17) is 0 Å². The van der Waals surface area contributed by atoms with Crippen LogP contribution < -0.4 is 15.5 Å². The van der Waals surface area contributed by atoms with E-state index in [9.17, 15) is 9.59 Å². The Hall–Kier alpha value is -3.60. The van der Waals surface area contributed by atoms with Crippen LogP contribution in [-0.2, 0) is 4.79 Å². The Morgan fingerprint density at radius 2 is 1.53 bits per heavy atom. The van der Waals surface area contributed by atoms with E-state index >= 15 is 0 Å². The first-order valence-corrected chi connectivity index (χ1v) is 9.90. The van der Waals surface area contributed by atoms with Crippen LogP contribution in [0.25, 0.3) is 0 Å². The Morgan fingerprint density at radius 1 is 0.867 bits per heavy atom. The van der Waals surface area contributed by atoms with E-state index in [0.29, 0.717) is 5.56 Å². The van der Waals surface area contributed by atoms with Crippen LogP contribution >= 0.6 is 0 Å². The van der Waals surface area contributed by atoms with Crippen LogP contribution in [0.2, 0.25) is 0 Å². The number of hydrogen-bond acceptors (Lipinski definition) is 3. The molecule has 30 heavy (non-hydrogen) atoms. The predicted octanol–water partition coefficient (Wildman–Crippen LogP) is 4.94. The van der Waals surface area contributed by atoms with Crippen molar-refractivity contribution in [2.24, 2.45) is 0 Å². The summed E-state index contributed by atoms with van der Waals surface area (Å²) in [6, 6.07) is 20.8. The number of anilines is 3. The van der Waals surface area contributed by atoms with Gasteiger partial charge >= 0.3 is 0 Å². The molecule has 0 saturated heterocycles. The van der Waals surface area contributed by atoms with Gasteiger partial charge in [0.05, 0.1) is 6.54 Å². The molecular formula is C25H27N3O2. The zero-order valence-corrected chi connectivity index (χ0v) is 17.8. The number of nitrogens with one attached hydrogen (secondary N) is 2. The fourth-order valence-corrected chi connectivity index (χ4v) is 3.47. The number of benzene rings is 3.